The van der Waals surface area contributed by atoms with Crippen molar-refractivity contribution in [3.8, 4) is 0 Å². The van der Waals surface area contributed by atoms with Gasteiger partial charge >= 0.3 is 0 Å². The zero-order valence-corrected chi connectivity index (χ0v) is 16.9. The average molecular weight is 404 g/mol. The maximum absolute atomic E-state index is 13.7. The number of rotatable bonds is 8. The molecule has 1 heterocycles. The van der Waals surface area contributed by atoms with E-state index in [0.717, 1.165) is 6.42 Å². The quantitative estimate of drug-likeness (QED) is 0.679. The molecule has 0 bridgehead atoms. The largest absolute Gasteiger partial charge is 0.353 e. The van der Waals surface area contributed by atoms with E-state index in [-0.39, 0.29) is 23.9 Å². The summed E-state index contributed by atoms with van der Waals surface area (Å²) in [6.45, 7) is 2.19. The van der Waals surface area contributed by atoms with Crippen molar-refractivity contribution >= 4 is 28.3 Å². The molecule has 0 spiro atoms. The van der Waals surface area contributed by atoms with Gasteiger partial charge in [-0.2, -0.15) is 0 Å². The lowest BCUT2D eigenvalue weighted by atomic mass is 9.96. The minimum absolute atomic E-state index is 0.0312. The van der Waals surface area contributed by atoms with Gasteiger partial charge in [0.2, 0.25) is 5.91 Å². The summed E-state index contributed by atoms with van der Waals surface area (Å²) in [7, 11) is 0. The molecular weight excluding hydrogens is 377 g/mol. The second kappa shape index (κ2) is 9.78. The Morgan fingerprint density at radius 3 is 2.89 bits per heavy atom. The van der Waals surface area contributed by atoms with Crippen LogP contribution in [-0.4, -0.2) is 22.8 Å². The summed E-state index contributed by atoms with van der Waals surface area (Å²) in [5.41, 5.74) is 0.575. The molecule has 2 N–H and O–H groups in total. The summed E-state index contributed by atoms with van der Waals surface area (Å²) in [4.78, 5) is 28.8. The van der Waals surface area contributed by atoms with Gasteiger partial charge in [-0.25, -0.2) is 9.37 Å². The minimum atomic E-state index is -0.578. The summed E-state index contributed by atoms with van der Waals surface area (Å²) in [6, 6.07) is 6.06. The van der Waals surface area contributed by atoms with Crippen LogP contribution in [0.3, 0.4) is 0 Å². The third-order valence-electron chi connectivity index (χ3n) is 5.17. The van der Waals surface area contributed by atoms with Gasteiger partial charge in [0.15, 0.2) is 5.13 Å². The summed E-state index contributed by atoms with van der Waals surface area (Å²) in [5.74, 6) is -0.584. The number of amides is 2. The standard InChI is InChI=1S/C21H26FN3O2S/c1-2-3-7-14-8-6-11-18(14)24-19(26)12-15-13-28-21(23-15)25-20(27)16-9-4-5-10-17(16)22/h4-5,9-10,13-14,18H,2-3,6-8,11-12H2,1H3,(H,24,26)(H,23,25,27). The van der Waals surface area contributed by atoms with Crippen molar-refractivity contribution < 1.29 is 14.0 Å². The number of nitrogens with zero attached hydrogens (tertiary/aromatic N) is 1. The van der Waals surface area contributed by atoms with Gasteiger partial charge in [0.25, 0.3) is 5.91 Å². The van der Waals surface area contributed by atoms with Crippen LogP contribution < -0.4 is 10.6 Å². The van der Waals surface area contributed by atoms with E-state index in [2.05, 4.69) is 22.5 Å². The summed E-state index contributed by atoms with van der Waals surface area (Å²) in [5, 5.41) is 7.86. The van der Waals surface area contributed by atoms with Crippen LogP contribution in [0.4, 0.5) is 9.52 Å². The average Bonchev–Trinajstić information content (AvgIpc) is 3.29. The number of thiazole rings is 1. The topological polar surface area (TPSA) is 71.1 Å². The van der Waals surface area contributed by atoms with E-state index in [1.165, 1.54) is 61.6 Å². The molecular formula is C21H26FN3O2S. The Morgan fingerprint density at radius 1 is 1.29 bits per heavy atom. The highest BCUT2D eigenvalue weighted by atomic mass is 32.1. The van der Waals surface area contributed by atoms with E-state index in [1.807, 2.05) is 0 Å². The van der Waals surface area contributed by atoms with Gasteiger partial charge in [-0.15, -0.1) is 11.3 Å². The Morgan fingerprint density at radius 2 is 2.11 bits per heavy atom. The Kier molecular flexibility index (Phi) is 7.14. The predicted molar refractivity (Wildman–Crippen MR) is 109 cm³/mol. The Balaban J connectivity index is 1.52. The summed E-state index contributed by atoms with van der Waals surface area (Å²) in [6.07, 6.45) is 7.14. The summed E-state index contributed by atoms with van der Waals surface area (Å²) >= 11 is 1.23. The number of benzene rings is 1. The molecule has 5 nitrogen and oxygen atoms in total. The van der Waals surface area contributed by atoms with Gasteiger partial charge in [0.05, 0.1) is 17.7 Å². The molecule has 0 radical (unpaired) electrons. The third kappa shape index (κ3) is 5.38. The number of aromatic nitrogens is 1. The summed E-state index contributed by atoms with van der Waals surface area (Å²) < 4.78 is 13.7. The lowest BCUT2D eigenvalue weighted by Crippen LogP contribution is -2.38. The van der Waals surface area contributed by atoms with Crippen molar-refractivity contribution in [2.45, 2.75) is 57.9 Å². The number of hydrogen-bond acceptors (Lipinski definition) is 4. The van der Waals surface area contributed by atoms with E-state index in [0.29, 0.717) is 16.7 Å². The monoisotopic (exact) mass is 403 g/mol. The van der Waals surface area contributed by atoms with E-state index in [9.17, 15) is 14.0 Å². The molecule has 28 heavy (non-hydrogen) atoms. The van der Waals surface area contributed by atoms with E-state index < -0.39 is 11.7 Å². The first kappa shape index (κ1) is 20.5. The molecule has 7 heteroatoms. The lowest BCUT2D eigenvalue weighted by Gasteiger charge is -2.20. The molecule has 150 valence electrons. The molecule has 2 unspecified atom stereocenters. The van der Waals surface area contributed by atoms with Crippen molar-refractivity contribution in [1.82, 2.24) is 10.3 Å². The number of unbranched alkanes of at least 4 members (excludes halogenated alkanes) is 1. The van der Waals surface area contributed by atoms with Crippen LogP contribution in [0.25, 0.3) is 0 Å². The van der Waals surface area contributed by atoms with Crippen molar-refractivity contribution in [3.63, 3.8) is 0 Å². The highest BCUT2D eigenvalue weighted by Gasteiger charge is 2.28. The Bertz CT molecular complexity index is 823. The molecule has 1 aromatic carbocycles. The SMILES string of the molecule is CCCCC1CCCC1NC(=O)Cc1csc(NC(=O)c2ccccc2F)n1. The second-order valence-corrected chi connectivity index (χ2v) is 8.12. The van der Waals surface area contributed by atoms with Crippen LogP contribution in [-0.2, 0) is 11.2 Å². The predicted octanol–water partition coefficient (Wildman–Crippen LogP) is 4.55. The molecule has 1 aliphatic carbocycles. The molecule has 1 aromatic heterocycles. The molecule has 0 aliphatic heterocycles. The normalized spacial score (nSPS) is 18.8. The highest BCUT2D eigenvalue weighted by Crippen LogP contribution is 2.30. The number of carbonyl (C=O) groups is 2. The molecule has 1 aliphatic rings. The van der Waals surface area contributed by atoms with Gasteiger partial charge < -0.3 is 5.32 Å². The number of hydrogen-bond donors (Lipinski definition) is 2. The zero-order valence-electron chi connectivity index (χ0n) is 16.0. The van der Waals surface area contributed by atoms with Crippen molar-refractivity contribution in [1.29, 1.82) is 0 Å². The lowest BCUT2D eigenvalue weighted by molar-refractivity contribution is -0.121. The first-order chi connectivity index (χ1) is 13.6. The first-order valence-electron chi connectivity index (χ1n) is 9.86. The highest BCUT2D eigenvalue weighted by molar-refractivity contribution is 7.14. The van der Waals surface area contributed by atoms with Gasteiger partial charge in [-0.05, 0) is 37.3 Å². The van der Waals surface area contributed by atoms with Gasteiger partial charge in [-0.3, -0.25) is 14.9 Å². The molecule has 1 saturated carbocycles. The number of nitrogens with one attached hydrogen (secondary N) is 2. The zero-order chi connectivity index (χ0) is 19.9. The second-order valence-electron chi connectivity index (χ2n) is 7.26. The van der Waals surface area contributed by atoms with Crippen LogP contribution >= 0.6 is 11.3 Å². The van der Waals surface area contributed by atoms with Gasteiger partial charge in [0, 0.05) is 11.4 Å². The molecule has 2 aromatic rings. The fourth-order valence-electron chi connectivity index (χ4n) is 3.72. The Hall–Kier alpha value is -2.28. The maximum atomic E-state index is 13.7. The van der Waals surface area contributed by atoms with E-state index in [1.54, 1.807) is 11.4 Å². The van der Waals surface area contributed by atoms with Crippen molar-refractivity contribution in [2.75, 3.05) is 5.32 Å². The molecule has 0 saturated heterocycles. The first-order valence-corrected chi connectivity index (χ1v) is 10.7. The Labute approximate surface area is 168 Å². The van der Waals surface area contributed by atoms with Crippen LogP contribution in [0.5, 0.6) is 0 Å². The molecule has 3 rings (SSSR count). The van der Waals surface area contributed by atoms with E-state index in [4.69, 9.17) is 0 Å². The fraction of sp³-hybridized carbons (Fsp3) is 0.476. The maximum Gasteiger partial charge on any atom is 0.260 e. The third-order valence-corrected chi connectivity index (χ3v) is 5.97. The van der Waals surface area contributed by atoms with Crippen LogP contribution in [0.1, 0.15) is 61.5 Å². The fourth-order valence-corrected chi connectivity index (χ4v) is 4.42. The minimum Gasteiger partial charge on any atom is -0.353 e. The number of carbonyl (C=O) groups excluding carboxylic acids is 2. The smallest absolute Gasteiger partial charge is 0.260 e. The number of halogens is 1. The van der Waals surface area contributed by atoms with Gasteiger partial charge in [-0.1, -0.05) is 38.3 Å². The van der Waals surface area contributed by atoms with E-state index >= 15 is 0 Å². The van der Waals surface area contributed by atoms with Crippen LogP contribution in [0.15, 0.2) is 29.6 Å². The molecule has 2 atom stereocenters. The number of anilines is 1. The molecule has 1 fully saturated rings. The van der Waals surface area contributed by atoms with Gasteiger partial charge in [0.1, 0.15) is 5.82 Å². The van der Waals surface area contributed by atoms with Crippen LogP contribution in [0.2, 0.25) is 0 Å². The van der Waals surface area contributed by atoms with Crippen molar-refractivity contribution in [2.24, 2.45) is 5.92 Å². The molecule has 2 amide bonds. The van der Waals surface area contributed by atoms with Crippen molar-refractivity contribution in [3.05, 3.63) is 46.7 Å². The van der Waals surface area contributed by atoms with Crippen LogP contribution in [0, 0.1) is 11.7 Å².